The molecule has 0 amide bonds. The van der Waals surface area contributed by atoms with Crippen LogP contribution in [-0.2, 0) is 9.53 Å². The molecule has 0 bridgehead atoms. The Morgan fingerprint density at radius 2 is 2.30 bits per heavy atom. The fraction of sp³-hybridized carbons (Fsp3) is 0.857. The van der Waals surface area contributed by atoms with Crippen LogP contribution in [-0.4, -0.2) is 45.0 Å². The number of hydrogen-bond acceptors (Lipinski definition) is 3. The Bertz CT molecular complexity index is 128. The quantitative estimate of drug-likeness (QED) is 0.553. The largest absolute Gasteiger partial charge is 0.377 e. The van der Waals surface area contributed by atoms with Crippen LogP contribution in [0.5, 0.6) is 0 Å². The van der Waals surface area contributed by atoms with E-state index in [-0.39, 0.29) is 5.78 Å². The van der Waals surface area contributed by atoms with Gasteiger partial charge in [0.2, 0.25) is 0 Å². The Kier molecular flexibility index (Phi) is 4.14. The SMILES string of the molecule is [2H]C(OC)C(=O)CCN(C)C. The van der Waals surface area contributed by atoms with Gasteiger partial charge in [-0.05, 0) is 14.1 Å². The number of ketones is 1. The van der Waals surface area contributed by atoms with E-state index in [1.54, 1.807) is 0 Å². The Morgan fingerprint density at radius 3 is 2.70 bits per heavy atom. The Labute approximate surface area is 63.4 Å². The normalized spacial score (nSPS) is 15.0. The first-order chi connectivity index (χ1) is 5.07. The van der Waals surface area contributed by atoms with Gasteiger partial charge in [-0.1, -0.05) is 0 Å². The summed E-state index contributed by atoms with van der Waals surface area (Å²) in [7, 11) is 5.14. The number of Topliss-reactive ketones (excluding diaryl/α,β-unsaturated/α-hetero) is 1. The van der Waals surface area contributed by atoms with Crippen molar-refractivity contribution in [2.45, 2.75) is 6.42 Å². The van der Waals surface area contributed by atoms with Crippen LogP contribution in [0.15, 0.2) is 0 Å². The maximum atomic E-state index is 10.9. The van der Waals surface area contributed by atoms with Crippen LogP contribution in [0, 0.1) is 0 Å². The van der Waals surface area contributed by atoms with Gasteiger partial charge in [0, 0.05) is 20.1 Å². The lowest BCUT2D eigenvalue weighted by molar-refractivity contribution is -0.122. The van der Waals surface area contributed by atoms with Crippen molar-refractivity contribution in [3.05, 3.63) is 0 Å². The second-order valence-corrected chi connectivity index (χ2v) is 2.37. The highest BCUT2D eigenvalue weighted by Crippen LogP contribution is 1.85. The molecule has 0 rings (SSSR count). The van der Waals surface area contributed by atoms with Crippen LogP contribution in [0.3, 0.4) is 0 Å². The molecule has 0 saturated carbocycles. The first-order valence-corrected chi connectivity index (χ1v) is 3.20. The molecule has 0 N–H and O–H groups in total. The monoisotopic (exact) mass is 146 g/mol. The molecule has 1 unspecified atom stereocenters. The minimum absolute atomic E-state index is 0.166. The van der Waals surface area contributed by atoms with Crippen LogP contribution in [0.1, 0.15) is 7.79 Å². The number of ether oxygens (including phenoxy) is 1. The van der Waals surface area contributed by atoms with Crippen molar-refractivity contribution in [1.82, 2.24) is 4.90 Å². The predicted octanol–water partition coefficient (Wildman–Crippen LogP) is 0.154. The van der Waals surface area contributed by atoms with E-state index in [9.17, 15) is 4.79 Å². The summed E-state index contributed by atoms with van der Waals surface area (Å²) in [6, 6.07) is 0. The molecule has 0 fully saturated rings. The lowest BCUT2D eigenvalue weighted by Gasteiger charge is -2.07. The van der Waals surface area contributed by atoms with Gasteiger partial charge >= 0.3 is 0 Å². The second-order valence-electron chi connectivity index (χ2n) is 2.37. The number of methoxy groups -OCH3 is 1. The van der Waals surface area contributed by atoms with E-state index < -0.39 is 6.58 Å². The summed E-state index contributed by atoms with van der Waals surface area (Å²) in [4.78, 5) is 12.8. The number of carbonyl (C=O) groups excluding carboxylic acids is 1. The molecule has 0 radical (unpaired) electrons. The molecule has 0 aromatic rings. The zero-order chi connectivity index (χ0) is 8.85. The van der Waals surface area contributed by atoms with E-state index in [4.69, 9.17) is 1.37 Å². The molecular formula is C7H15NO2. The van der Waals surface area contributed by atoms with Gasteiger partial charge in [0.15, 0.2) is 5.78 Å². The van der Waals surface area contributed by atoms with Gasteiger partial charge in [0.25, 0.3) is 0 Å². The van der Waals surface area contributed by atoms with Gasteiger partial charge in [-0.25, -0.2) is 0 Å². The molecule has 0 aromatic carbocycles. The Balaban J connectivity index is 3.52. The molecule has 0 aromatic heterocycles. The molecule has 60 valence electrons. The van der Waals surface area contributed by atoms with E-state index in [2.05, 4.69) is 4.74 Å². The first kappa shape index (κ1) is 7.69. The highest BCUT2D eigenvalue weighted by atomic mass is 16.5. The van der Waals surface area contributed by atoms with Crippen molar-refractivity contribution in [2.24, 2.45) is 0 Å². The summed E-state index contributed by atoms with van der Waals surface area (Å²) < 4.78 is 11.6. The van der Waals surface area contributed by atoms with Gasteiger partial charge < -0.3 is 9.64 Å². The van der Waals surface area contributed by atoms with Crippen LogP contribution in [0.2, 0.25) is 0 Å². The maximum absolute atomic E-state index is 10.9. The second kappa shape index (κ2) is 5.38. The minimum Gasteiger partial charge on any atom is -0.377 e. The highest BCUT2D eigenvalue weighted by molar-refractivity contribution is 5.79. The van der Waals surface area contributed by atoms with Crippen molar-refractivity contribution in [2.75, 3.05) is 34.3 Å². The summed E-state index contributed by atoms with van der Waals surface area (Å²) in [5, 5.41) is 0. The smallest absolute Gasteiger partial charge is 0.159 e. The zero-order valence-corrected chi connectivity index (χ0v) is 6.76. The van der Waals surface area contributed by atoms with Gasteiger partial charge in [0.05, 0.1) is 1.37 Å². The summed E-state index contributed by atoms with van der Waals surface area (Å²) in [5.74, 6) is -0.166. The Hall–Kier alpha value is -0.410. The number of rotatable bonds is 5. The zero-order valence-electron chi connectivity index (χ0n) is 7.76. The molecule has 0 saturated heterocycles. The molecule has 3 nitrogen and oxygen atoms in total. The van der Waals surface area contributed by atoms with Gasteiger partial charge in [-0.15, -0.1) is 0 Å². The summed E-state index contributed by atoms with van der Waals surface area (Å²) >= 11 is 0. The van der Waals surface area contributed by atoms with Crippen molar-refractivity contribution < 1.29 is 10.9 Å². The third-order valence-corrected chi connectivity index (χ3v) is 1.05. The molecule has 1 atom stereocenters. The fourth-order valence-electron chi connectivity index (χ4n) is 0.524. The third-order valence-electron chi connectivity index (χ3n) is 1.05. The van der Waals surface area contributed by atoms with Crippen molar-refractivity contribution in [3.8, 4) is 0 Å². The Morgan fingerprint density at radius 1 is 1.70 bits per heavy atom. The first-order valence-electron chi connectivity index (χ1n) is 3.78. The van der Waals surface area contributed by atoms with Crippen LogP contribution in [0.4, 0.5) is 0 Å². The van der Waals surface area contributed by atoms with Gasteiger partial charge in [-0.3, -0.25) is 4.79 Å². The number of carbonyl (C=O) groups is 1. The van der Waals surface area contributed by atoms with Gasteiger partial charge in [0.1, 0.15) is 6.58 Å². The summed E-state index contributed by atoms with van der Waals surface area (Å²) in [6.07, 6.45) is 0.384. The number of nitrogens with zero attached hydrogens (tertiary/aromatic N) is 1. The molecule has 0 spiro atoms. The average Bonchev–Trinajstić information content (AvgIpc) is 1.98. The fourth-order valence-corrected chi connectivity index (χ4v) is 0.524. The lowest BCUT2D eigenvalue weighted by atomic mass is 10.3. The average molecular weight is 146 g/mol. The maximum Gasteiger partial charge on any atom is 0.159 e. The molecular weight excluding hydrogens is 130 g/mol. The van der Waals surface area contributed by atoms with Crippen molar-refractivity contribution in [1.29, 1.82) is 0 Å². The molecule has 0 aliphatic rings. The third kappa shape index (κ3) is 5.72. The topological polar surface area (TPSA) is 29.5 Å². The molecule has 0 heterocycles. The van der Waals surface area contributed by atoms with Crippen molar-refractivity contribution in [3.63, 3.8) is 0 Å². The van der Waals surface area contributed by atoms with Crippen molar-refractivity contribution >= 4 is 5.78 Å². The standard InChI is InChI=1S/C7H15NO2/c1-8(2)5-4-7(9)6-10-3/h4-6H2,1-3H3/i6D. The highest BCUT2D eigenvalue weighted by Gasteiger charge is 2.00. The van der Waals surface area contributed by atoms with E-state index >= 15 is 0 Å². The summed E-state index contributed by atoms with van der Waals surface area (Å²) in [5.41, 5.74) is 0. The van der Waals surface area contributed by atoms with Crippen LogP contribution in [0.25, 0.3) is 0 Å². The van der Waals surface area contributed by atoms with E-state index in [0.29, 0.717) is 13.0 Å². The number of hydrogen-bond donors (Lipinski definition) is 0. The molecule has 3 heteroatoms. The van der Waals surface area contributed by atoms with E-state index in [1.807, 2.05) is 19.0 Å². The molecule has 0 aliphatic heterocycles. The summed E-state index contributed by atoms with van der Waals surface area (Å²) in [6.45, 7) is -0.327. The van der Waals surface area contributed by atoms with Crippen LogP contribution >= 0.6 is 0 Å². The predicted molar refractivity (Wildman–Crippen MR) is 40.1 cm³/mol. The minimum atomic E-state index is -1.00. The van der Waals surface area contributed by atoms with E-state index in [0.717, 1.165) is 0 Å². The van der Waals surface area contributed by atoms with E-state index in [1.165, 1.54) is 7.11 Å². The lowest BCUT2D eigenvalue weighted by Crippen LogP contribution is -2.18. The molecule has 10 heavy (non-hydrogen) atoms. The van der Waals surface area contributed by atoms with Gasteiger partial charge in [-0.2, -0.15) is 0 Å². The molecule has 0 aliphatic carbocycles. The van der Waals surface area contributed by atoms with Crippen LogP contribution < -0.4 is 0 Å².